The number of amides is 1. The highest BCUT2D eigenvalue weighted by Gasteiger charge is 2.30. The molecule has 1 N–H and O–H groups in total. The van der Waals surface area contributed by atoms with Gasteiger partial charge in [0.05, 0.1) is 10.9 Å². The Morgan fingerprint density at radius 3 is 2.67 bits per heavy atom. The molecule has 3 aromatic rings. The molecular weight excluding hydrogens is 395 g/mol. The summed E-state index contributed by atoms with van der Waals surface area (Å²) in [6.45, 7) is 4.67. The minimum atomic E-state index is -4.41. The standard InChI is InChI=1S/C21H18F3N5O/c1-2-17(30)26-15-9-11-29(12-15)20-16-4-3-10-25-19(16)27-18(28-20)13-5-7-14(8-6-13)21(22,23)24/h2-8,10,15H,1,9,11-12H2,(H,26,30). The summed E-state index contributed by atoms with van der Waals surface area (Å²) in [6.07, 6.45) is -0.834. The van der Waals surface area contributed by atoms with Gasteiger partial charge in [0.25, 0.3) is 0 Å². The lowest BCUT2D eigenvalue weighted by atomic mass is 10.1. The molecule has 1 aromatic carbocycles. The van der Waals surface area contributed by atoms with Gasteiger partial charge in [0.2, 0.25) is 5.91 Å². The number of fused-ring (bicyclic) bond motifs is 1. The molecule has 0 radical (unpaired) electrons. The van der Waals surface area contributed by atoms with Gasteiger partial charge in [-0.2, -0.15) is 13.2 Å². The van der Waals surface area contributed by atoms with Crippen molar-refractivity contribution in [1.29, 1.82) is 0 Å². The number of hydrogen-bond donors (Lipinski definition) is 1. The number of rotatable bonds is 4. The van der Waals surface area contributed by atoms with Crippen molar-refractivity contribution in [1.82, 2.24) is 20.3 Å². The van der Waals surface area contributed by atoms with Crippen LogP contribution in [0.4, 0.5) is 19.0 Å². The fourth-order valence-electron chi connectivity index (χ4n) is 3.46. The van der Waals surface area contributed by atoms with Crippen molar-refractivity contribution in [2.75, 3.05) is 18.0 Å². The predicted octanol–water partition coefficient (Wildman–Crippen LogP) is 3.59. The summed E-state index contributed by atoms with van der Waals surface area (Å²) in [4.78, 5) is 27.0. The van der Waals surface area contributed by atoms with Gasteiger partial charge in [-0.1, -0.05) is 18.7 Å². The van der Waals surface area contributed by atoms with Crippen molar-refractivity contribution in [2.24, 2.45) is 0 Å². The van der Waals surface area contributed by atoms with Crippen LogP contribution in [0, 0.1) is 0 Å². The molecule has 1 fully saturated rings. The zero-order chi connectivity index (χ0) is 21.3. The second kappa shape index (κ2) is 7.74. The van der Waals surface area contributed by atoms with Crippen LogP contribution in [0.25, 0.3) is 22.4 Å². The molecule has 154 valence electrons. The number of nitrogens with zero attached hydrogens (tertiary/aromatic N) is 4. The Labute approximate surface area is 170 Å². The number of carbonyl (C=O) groups is 1. The van der Waals surface area contributed by atoms with Crippen LogP contribution in [0.15, 0.2) is 55.3 Å². The molecule has 9 heteroatoms. The maximum absolute atomic E-state index is 12.9. The molecule has 2 aromatic heterocycles. The SMILES string of the molecule is C=CC(=O)NC1CCN(c2nc(-c3ccc(C(F)(F)F)cc3)nc3ncccc23)C1. The van der Waals surface area contributed by atoms with E-state index in [4.69, 9.17) is 0 Å². The van der Waals surface area contributed by atoms with E-state index < -0.39 is 11.7 Å². The number of pyridine rings is 1. The molecule has 0 spiro atoms. The molecule has 30 heavy (non-hydrogen) atoms. The van der Waals surface area contributed by atoms with E-state index in [1.165, 1.54) is 18.2 Å². The number of halogens is 3. The number of alkyl halides is 3. The van der Waals surface area contributed by atoms with Gasteiger partial charge in [-0.3, -0.25) is 4.79 Å². The highest BCUT2D eigenvalue weighted by molar-refractivity contribution is 5.89. The van der Waals surface area contributed by atoms with Crippen LogP contribution in [0.5, 0.6) is 0 Å². The quantitative estimate of drug-likeness (QED) is 0.662. The average Bonchev–Trinajstić information content (AvgIpc) is 3.20. The number of nitrogens with one attached hydrogen (secondary N) is 1. The molecule has 4 rings (SSSR count). The van der Waals surface area contributed by atoms with Crippen molar-refractivity contribution < 1.29 is 18.0 Å². The largest absolute Gasteiger partial charge is 0.416 e. The molecular formula is C21H18F3N5O. The minimum Gasteiger partial charge on any atom is -0.354 e. The van der Waals surface area contributed by atoms with Crippen LogP contribution in [0.2, 0.25) is 0 Å². The molecule has 1 aliphatic heterocycles. The monoisotopic (exact) mass is 413 g/mol. The summed E-state index contributed by atoms with van der Waals surface area (Å²) >= 11 is 0. The van der Waals surface area contributed by atoms with E-state index in [9.17, 15) is 18.0 Å². The fraction of sp³-hybridized carbons (Fsp3) is 0.238. The second-order valence-corrected chi connectivity index (χ2v) is 6.96. The van der Waals surface area contributed by atoms with E-state index in [1.54, 1.807) is 12.3 Å². The van der Waals surface area contributed by atoms with Crippen molar-refractivity contribution in [3.63, 3.8) is 0 Å². The van der Waals surface area contributed by atoms with Crippen molar-refractivity contribution >= 4 is 22.8 Å². The Hall–Kier alpha value is -3.49. The smallest absolute Gasteiger partial charge is 0.354 e. The number of aromatic nitrogens is 3. The number of benzene rings is 1. The van der Waals surface area contributed by atoms with Crippen molar-refractivity contribution in [2.45, 2.75) is 18.6 Å². The van der Waals surface area contributed by atoms with Gasteiger partial charge in [-0.05, 0) is 36.8 Å². The zero-order valence-corrected chi connectivity index (χ0v) is 15.9. The lowest BCUT2D eigenvalue weighted by Crippen LogP contribution is -2.36. The second-order valence-electron chi connectivity index (χ2n) is 6.96. The molecule has 1 saturated heterocycles. The lowest BCUT2D eigenvalue weighted by molar-refractivity contribution is -0.137. The maximum Gasteiger partial charge on any atom is 0.416 e. The Balaban J connectivity index is 1.70. The van der Waals surface area contributed by atoms with Crippen LogP contribution in [-0.4, -0.2) is 40.0 Å². The summed E-state index contributed by atoms with van der Waals surface area (Å²) in [5.41, 5.74) is 0.189. The first-order chi connectivity index (χ1) is 14.3. The van der Waals surface area contributed by atoms with E-state index in [-0.39, 0.29) is 11.9 Å². The van der Waals surface area contributed by atoms with Crippen molar-refractivity contribution in [3.8, 4) is 11.4 Å². The topological polar surface area (TPSA) is 71.0 Å². The Morgan fingerprint density at radius 1 is 1.20 bits per heavy atom. The number of anilines is 1. The zero-order valence-electron chi connectivity index (χ0n) is 15.9. The van der Waals surface area contributed by atoms with Gasteiger partial charge in [0.1, 0.15) is 5.82 Å². The third kappa shape index (κ3) is 3.96. The van der Waals surface area contributed by atoms with Crippen LogP contribution in [0.1, 0.15) is 12.0 Å². The molecule has 1 aliphatic rings. The molecule has 0 aliphatic carbocycles. The van der Waals surface area contributed by atoms with E-state index >= 15 is 0 Å². The van der Waals surface area contributed by atoms with E-state index in [0.29, 0.717) is 35.9 Å². The molecule has 1 amide bonds. The van der Waals surface area contributed by atoms with Gasteiger partial charge in [0.15, 0.2) is 11.5 Å². The Bertz CT molecular complexity index is 1100. The van der Waals surface area contributed by atoms with Crippen molar-refractivity contribution in [3.05, 3.63) is 60.8 Å². The average molecular weight is 413 g/mol. The highest BCUT2D eigenvalue weighted by atomic mass is 19.4. The highest BCUT2D eigenvalue weighted by Crippen LogP contribution is 2.32. The lowest BCUT2D eigenvalue weighted by Gasteiger charge is -2.20. The van der Waals surface area contributed by atoms with Gasteiger partial charge >= 0.3 is 6.18 Å². The maximum atomic E-state index is 12.9. The summed E-state index contributed by atoms with van der Waals surface area (Å²) in [6, 6.07) is 8.31. The van der Waals surface area contributed by atoms with Gasteiger partial charge in [-0.25, -0.2) is 15.0 Å². The Morgan fingerprint density at radius 2 is 1.97 bits per heavy atom. The van der Waals surface area contributed by atoms with Crippen LogP contribution >= 0.6 is 0 Å². The third-order valence-electron chi connectivity index (χ3n) is 4.94. The summed E-state index contributed by atoms with van der Waals surface area (Å²) < 4.78 is 38.6. The fourth-order valence-corrected chi connectivity index (χ4v) is 3.46. The van der Waals surface area contributed by atoms with Crippen LogP contribution in [-0.2, 0) is 11.0 Å². The first kappa shape index (κ1) is 19.8. The summed E-state index contributed by atoms with van der Waals surface area (Å²) in [5.74, 6) is 0.698. The molecule has 3 heterocycles. The van der Waals surface area contributed by atoms with Crippen LogP contribution in [0.3, 0.4) is 0 Å². The minimum absolute atomic E-state index is 0.0493. The molecule has 1 unspecified atom stereocenters. The van der Waals surface area contributed by atoms with Gasteiger partial charge < -0.3 is 10.2 Å². The number of carbonyl (C=O) groups excluding carboxylic acids is 1. The van der Waals surface area contributed by atoms with E-state index in [2.05, 4.69) is 26.8 Å². The first-order valence-corrected chi connectivity index (χ1v) is 9.33. The Kier molecular flexibility index (Phi) is 5.11. The molecule has 6 nitrogen and oxygen atoms in total. The summed E-state index contributed by atoms with van der Waals surface area (Å²) in [7, 11) is 0. The molecule has 1 atom stereocenters. The summed E-state index contributed by atoms with van der Waals surface area (Å²) in [5, 5.41) is 3.62. The molecule has 0 saturated carbocycles. The molecule has 0 bridgehead atoms. The van der Waals surface area contributed by atoms with Gasteiger partial charge in [-0.15, -0.1) is 0 Å². The van der Waals surface area contributed by atoms with Crippen LogP contribution < -0.4 is 10.2 Å². The normalized spacial score (nSPS) is 16.6. The van der Waals surface area contributed by atoms with E-state index in [1.807, 2.05) is 11.0 Å². The van der Waals surface area contributed by atoms with E-state index in [0.717, 1.165) is 23.9 Å². The predicted molar refractivity (Wildman–Crippen MR) is 107 cm³/mol. The first-order valence-electron chi connectivity index (χ1n) is 9.33. The third-order valence-corrected chi connectivity index (χ3v) is 4.94. The van der Waals surface area contributed by atoms with Gasteiger partial charge in [0, 0.05) is 30.9 Å². The number of hydrogen-bond acceptors (Lipinski definition) is 5.